The lowest BCUT2D eigenvalue weighted by Crippen LogP contribution is -2.28. The minimum Gasteiger partial charge on any atom is -0.355 e. The molecule has 1 heterocycles. The van der Waals surface area contributed by atoms with Gasteiger partial charge in [-0.3, -0.25) is 4.79 Å². The second-order valence-corrected chi connectivity index (χ2v) is 6.59. The number of carbonyl (C=O) groups excluding carboxylic acids is 1. The number of tetrazole rings is 1. The zero-order chi connectivity index (χ0) is 16.1. The molecule has 0 aliphatic carbocycles. The molecule has 0 bridgehead atoms. The van der Waals surface area contributed by atoms with Crippen molar-refractivity contribution in [3.05, 3.63) is 29.3 Å². The molecule has 22 heavy (non-hydrogen) atoms. The first kappa shape index (κ1) is 16.5. The molecule has 0 aliphatic heterocycles. The van der Waals surface area contributed by atoms with Gasteiger partial charge in [-0.15, -0.1) is 5.10 Å². The molecular weight excluding hydrogens is 298 g/mol. The summed E-state index contributed by atoms with van der Waals surface area (Å²) in [4.78, 5) is 11.8. The van der Waals surface area contributed by atoms with Crippen LogP contribution in [-0.2, 0) is 4.79 Å². The summed E-state index contributed by atoms with van der Waals surface area (Å²) < 4.78 is 1.68. The van der Waals surface area contributed by atoms with E-state index in [0.29, 0.717) is 23.4 Å². The fraction of sp³-hybridized carbons (Fsp3) is 0.467. The van der Waals surface area contributed by atoms with Gasteiger partial charge in [-0.05, 0) is 41.8 Å². The molecule has 0 unspecified atom stereocenters. The highest BCUT2D eigenvalue weighted by Gasteiger charge is 2.13. The highest BCUT2D eigenvalue weighted by molar-refractivity contribution is 7.99. The first-order chi connectivity index (χ1) is 10.5. The number of nitrogens with zero attached hydrogens (tertiary/aromatic N) is 4. The fourth-order valence-electron chi connectivity index (χ4n) is 1.96. The summed E-state index contributed by atoms with van der Waals surface area (Å²) in [5.74, 6) is 0.737. The van der Waals surface area contributed by atoms with E-state index in [-0.39, 0.29) is 5.91 Å². The van der Waals surface area contributed by atoms with Crippen LogP contribution < -0.4 is 5.32 Å². The number of carbonyl (C=O) groups is 1. The summed E-state index contributed by atoms with van der Waals surface area (Å²) in [6.45, 7) is 8.88. The van der Waals surface area contributed by atoms with Gasteiger partial charge in [-0.1, -0.05) is 43.3 Å². The van der Waals surface area contributed by atoms with Gasteiger partial charge in [-0.25, -0.2) is 0 Å². The van der Waals surface area contributed by atoms with Crippen molar-refractivity contribution in [3.8, 4) is 5.69 Å². The molecule has 1 amide bonds. The van der Waals surface area contributed by atoms with Gasteiger partial charge < -0.3 is 5.32 Å². The van der Waals surface area contributed by atoms with Crippen molar-refractivity contribution in [2.75, 3.05) is 12.3 Å². The number of aromatic nitrogens is 4. The monoisotopic (exact) mass is 319 g/mol. The Bertz CT molecular complexity index is 653. The third-order valence-electron chi connectivity index (χ3n) is 3.06. The van der Waals surface area contributed by atoms with Gasteiger partial charge in [0.1, 0.15) is 0 Å². The zero-order valence-electron chi connectivity index (χ0n) is 13.3. The molecule has 1 aromatic heterocycles. The SMILES string of the molecule is Cc1ccc(-n2nnnc2SCC(=O)NCC(C)C)c(C)c1. The molecule has 0 saturated heterocycles. The van der Waals surface area contributed by atoms with Crippen molar-refractivity contribution in [3.63, 3.8) is 0 Å². The van der Waals surface area contributed by atoms with E-state index < -0.39 is 0 Å². The highest BCUT2D eigenvalue weighted by atomic mass is 32.2. The molecule has 0 atom stereocenters. The van der Waals surface area contributed by atoms with E-state index >= 15 is 0 Å². The lowest BCUT2D eigenvalue weighted by Gasteiger charge is -2.09. The van der Waals surface area contributed by atoms with Gasteiger partial charge in [0, 0.05) is 6.54 Å². The first-order valence-electron chi connectivity index (χ1n) is 7.23. The molecule has 1 N–H and O–H groups in total. The quantitative estimate of drug-likeness (QED) is 0.826. The molecule has 1 aromatic carbocycles. The number of amides is 1. The summed E-state index contributed by atoms with van der Waals surface area (Å²) in [6.07, 6.45) is 0. The second kappa shape index (κ2) is 7.40. The smallest absolute Gasteiger partial charge is 0.230 e. The molecule has 6 nitrogen and oxygen atoms in total. The Morgan fingerprint density at radius 3 is 2.82 bits per heavy atom. The fourth-order valence-corrected chi connectivity index (χ4v) is 2.68. The van der Waals surface area contributed by atoms with E-state index in [9.17, 15) is 4.79 Å². The van der Waals surface area contributed by atoms with Crippen LogP contribution in [-0.4, -0.2) is 38.4 Å². The average Bonchev–Trinajstić information content (AvgIpc) is 2.91. The molecule has 0 saturated carbocycles. The summed E-state index contributed by atoms with van der Waals surface area (Å²) in [5, 5.41) is 15.3. The first-order valence-corrected chi connectivity index (χ1v) is 8.21. The van der Waals surface area contributed by atoms with Crippen molar-refractivity contribution < 1.29 is 4.79 Å². The Morgan fingerprint density at radius 2 is 2.14 bits per heavy atom. The second-order valence-electron chi connectivity index (χ2n) is 5.65. The maximum atomic E-state index is 11.8. The predicted octanol–water partition coefficient (Wildman–Crippen LogP) is 2.14. The van der Waals surface area contributed by atoms with E-state index in [1.54, 1.807) is 4.68 Å². The van der Waals surface area contributed by atoms with Gasteiger partial charge in [0.15, 0.2) is 0 Å². The van der Waals surface area contributed by atoms with Crippen LogP contribution in [0.1, 0.15) is 25.0 Å². The maximum Gasteiger partial charge on any atom is 0.230 e. The van der Waals surface area contributed by atoms with Crippen molar-refractivity contribution in [1.29, 1.82) is 0 Å². The maximum absolute atomic E-state index is 11.8. The van der Waals surface area contributed by atoms with Crippen LogP contribution in [0.5, 0.6) is 0 Å². The number of hydrogen-bond acceptors (Lipinski definition) is 5. The van der Waals surface area contributed by atoms with Crippen LogP contribution in [0.4, 0.5) is 0 Å². The van der Waals surface area contributed by atoms with Gasteiger partial charge >= 0.3 is 0 Å². The minimum absolute atomic E-state index is 0.00567. The number of rotatable bonds is 6. The summed E-state index contributed by atoms with van der Waals surface area (Å²) in [5.41, 5.74) is 3.22. The standard InChI is InChI=1S/C15H21N5OS/c1-10(2)8-16-14(21)9-22-15-17-18-19-20(15)13-6-5-11(3)7-12(13)4/h5-7,10H,8-9H2,1-4H3,(H,16,21). The number of nitrogens with one attached hydrogen (secondary N) is 1. The third-order valence-corrected chi connectivity index (χ3v) is 3.98. The predicted molar refractivity (Wildman–Crippen MR) is 87.2 cm³/mol. The van der Waals surface area contributed by atoms with Crippen LogP contribution in [0.25, 0.3) is 5.69 Å². The van der Waals surface area contributed by atoms with Crippen molar-refractivity contribution in [2.24, 2.45) is 5.92 Å². The molecule has 7 heteroatoms. The summed E-state index contributed by atoms with van der Waals surface area (Å²) >= 11 is 1.34. The Kier molecular flexibility index (Phi) is 5.54. The number of thioether (sulfide) groups is 1. The van der Waals surface area contributed by atoms with Crippen LogP contribution in [0.2, 0.25) is 0 Å². The average molecular weight is 319 g/mol. The van der Waals surface area contributed by atoms with E-state index in [0.717, 1.165) is 11.3 Å². The molecule has 0 radical (unpaired) electrons. The number of aryl methyl sites for hydroxylation is 2. The van der Waals surface area contributed by atoms with Crippen LogP contribution in [0.3, 0.4) is 0 Å². The van der Waals surface area contributed by atoms with Gasteiger partial charge in [-0.2, -0.15) is 4.68 Å². The molecule has 2 rings (SSSR count). The number of hydrogen-bond donors (Lipinski definition) is 1. The van der Waals surface area contributed by atoms with E-state index in [1.807, 2.05) is 26.0 Å². The number of benzene rings is 1. The molecule has 0 spiro atoms. The lowest BCUT2D eigenvalue weighted by atomic mass is 10.1. The summed E-state index contributed by atoms with van der Waals surface area (Å²) in [6, 6.07) is 6.10. The van der Waals surface area contributed by atoms with Crippen molar-refractivity contribution in [1.82, 2.24) is 25.5 Å². The van der Waals surface area contributed by atoms with Crippen LogP contribution >= 0.6 is 11.8 Å². The topological polar surface area (TPSA) is 72.7 Å². The molecular formula is C15H21N5OS. The third kappa shape index (κ3) is 4.30. The molecule has 118 valence electrons. The minimum atomic E-state index is -0.00567. The largest absolute Gasteiger partial charge is 0.355 e. The normalized spacial score (nSPS) is 11.0. The Balaban J connectivity index is 2.05. The van der Waals surface area contributed by atoms with Crippen LogP contribution in [0.15, 0.2) is 23.4 Å². The molecule has 2 aromatic rings. The highest BCUT2D eigenvalue weighted by Crippen LogP contribution is 2.21. The summed E-state index contributed by atoms with van der Waals surface area (Å²) in [7, 11) is 0. The van der Waals surface area contributed by atoms with Crippen molar-refractivity contribution >= 4 is 17.7 Å². The van der Waals surface area contributed by atoms with E-state index in [2.05, 4.69) is 40.8 Å². The van der Waals surface area contributed by atoms with E-state index in [1.165, 1.54) is 17.3 Å². The Hall–Kier alpha value is -1.89. The lowest BCUT2D eigenvalue weighted by molar-refractivity contribution is -0.118. The Labute approximate surface area is 134 Å². The van der Waals surface area contributed by atoms with E-state index in [4.69, 9.17) is 0 Å². The molecule has 0 aliphatic rings. The van der Waals surface area contributed by atoms with Crippen molar-refractivity contribution in [2.45, 2.75) is 32.9 Å². The van der Waals surface area contributed by atoms with Gasteiger partial charge in [0.25, 0.3) is 0 Å². The van der Waals surface area contributed by atoms with Gasteiger partial charge in [0.2, 0.25) is 11.1 Å². The molecule has 0 fully saturated rings. The van der Waals surface area contributed by atoms with Gasteiger partial charge in [0.05, 0.1) is 11.4 Å². The Morgan fingerprint density at radius 1 is 1.36 bits per heavy atom. The van der Waals surface area contributed by atoms with Crippen LogP contribution in [0, 0.1) is 19.8 Å². The zero-order valence-corrected chi connectivity index (χ0v) is 14.1.